The lowest BCUT2D eigenvalue weighted by Gasteiger charge is -2.24. The Kier molecular flexibility index (Phi) is 8.58. The largest absolute Gasteiger partial charge is 0.498 e. The van der Waals surface area contributed by atoms with E-state index in [1.165, 1.54) is 0 Å². The molecule has 7 nitrogen and oxygen atoms in total. The maximum atomic E-state index is 9.73. The topological polar surface area (TPSA) is 96.6 Å². The van der Waals surface area contributed by atoms with Crippen LogP contribution in [0.3, 0.4) is 0 Å². The maximum absolute atomic E-state index is 9.73. The Hall–Kier alpha value is -1.41. The highest BCUT2D eigenvalue weighted by Gasteiger charge is 2.17. The van der Waals surface area contributed by atoms with Gasteiger partial charge in [-0.05, 0) is 47.2 Å². The van der Waals surface area contributed by atoms with E-state index in [0.29, 0.717) is 32.8 Å². The number of aliphatic hydroxyl groups is 1. The lowest BCUT2D eigenvalue weighted by atomic mass is 10.1. The molecular formula is C18H34N4O3. The van der Waals surface area contributed by atoms with Crippen molar-refractivity contribution in [3.63, 3.8) is 0 Å². The molecule has 0 saturated heterocycles. The third-order valence-corrected chi connectivity index (χ3v) is 3.99. The van der Waals surface area contributed by atoms with Gasteiger partial charge >= 0.3 is 0 Å². The third-order valence-electron chi connectivity index (χ3n) is 3.99. The minimum absolute atomic E-state index is 0.314. The summed E-state index contributed by atoms with van der Waals surface area (Å²) in [5, 5.41) is 9.73. The summed E-state index contributed by atoms with van der Waals surface area (Å²) in [5.41, 5.74) is 7.46. The standard InChI is InChI=1S/C18H34N4O3/c1-7-24-12-16-20-10-15(21-16)17(19)22(6)11-13(2)14(3)25-9-8-18(4,5)23/h10,17,23H,7-9,11-12,19H2,1-6H3,(H,20,21)/b14-13+. The molecule has 7 heteroatoms. The molecule has 25 heavy (non-hydrogen) atoms. The van der Waals surface area contributed by atoms with Crippen LogP contribution in [0, 0.1) is 0 Å². The number of likely N-dealkylation sites (N-methyl/N-ethyl adjacent to an activating group) is 1. The van der Waals surface area contributed by atoms with E-state index >= 15 is 0 Å². The first-order valence-corrected chi connectivity index (χ1v) is 8.73. The molecule has 0 amide bonds. The fraction of sp³-hybridized carbons (Fsp3) is 0.722. The Bertz CT molecular complexity index is 549. The van der Waals surface area contributed by atoms with Gasteiger partial charge in [-0.1, -0.05) is 0 Å². The Balaban J connectivity index is 2.56. The number of H-pyrrole nitrogens is 1. The van der Waals surface area contributed by atoms with Crippen LogP contribution >= 0.6 is 0 Å². The van der Waals surface area contributed by atoms with Gasteiger partial charge in [-0.25, -0.2) is 4.98 Å². The first-order valence-electron chi connectivity index (χ1n) is 8.73. The molecule has 1 unspecified atom stereocenters. The molecule has 0 fully saturated rings. The van der Waals surface area contributed by atoms with E-state index in [1.54, 1.807) is 13.8 Å². The minimum atomic E-state index is -0.716. The van der Waals surface area contributed by atoms with Crippen molar-refractivity contribution in [2.24, 2.45) is 5.73 Å². The highest BCUT2D eigenvalue weighted by atomic mass is 16.5. The summed E-state index contributed by atoms with van der Waals surface area (Å²) < 4.78 is 11.1. The average Bonchev–Trinajstić information content (AvgIpc) is 2.99. The molecule has 144 valence electrons. The van der Waals surface area contributed by atoms with E-state index in [-0.39, 0.29) is 6.17 Å². The number of aromatic amines is 1. The van der Waals surface area contributed by atoms with Crippen molar-refractivity contribution in [1.82, 2.24) is 14.9 Å². The number of ether oxygens (including phenoxy) is 2. The molecule has 0 radical (unpaired) electrons. The van der Waals surface area contributed by atoms with Gasteiger partial charge in [0.2, 0.25) is 0 Å². The normalized spacial score (nSPS) is 14.6. The Morgan fingerprint density at radius 3 is 2.72 bits per heavy atom. The quantitative estimate of drug-likeness (QED) is 0.417. The molecule has 0 saturated carbocycles. The van der Waals surface area contributed by atoms with Crippen molar-refractivity contribution in [2.75, 3.05) is 26.8 Å². The van der Waals surface area contributed by atoms with Crippen LogP contribution < -0.4 is 5.73 Å². The SMILES string of the molecule is CCOCc1nc(C(N)N(C)C/C(C)=C(\C)OCCC(C)(C)O)c[nH]1. The Morgan fingerprint density at radius 2 is 2.12 bits per heavy atom. The van der Waals surface area contributed by atoms with Crippen LogP contribution in [-0.4, -0.2) is 52.4 Å². The number of allylic oxidation sites excluding steroid dienone is 1. The van der Waals surface area contributed by atoms with Crippen LogP contribution in [0.5, 0.6) is 0 Å². The third kappa shape index (κ3) is 8.00. The number of imidazole rings is 1. The van der Waals surface area contributed by atoms with Crippen LogP contribution in [0.1, 0.15) is 58.7 Å². The summed E-state index contributed by atoms with van der Waals surface area (Å²) in [6.45, 7) is 11.7. The fourth-order valence-corrected chi connectivity index (χ4v) is 2.19. The van der Waals surface area contributed by atoms with E-state index in [0.717, 1.165) is 22.9 Å². The van der Waals surface area contributed by atoms with Gasteiger partial charge in [0.05, 0.1) is 23.7 Å². The van der Waals surface area contributed by atoms with Crippen LogP contribution in [0.4, 0.5) is 0 Å². The number of rotatable bonds is 11. The van der Waals surface area contributed by atoms with E-state index in [2.05, 4.69) is 9.97 Å². The van der Waals surface area contributed by atoms with Gasteiger partial charge in [-0.3, -0.25) is 4.90 Å². The lowest BCUT2D eigenvalue weighted by molar-refractivity contribution is 0.0433. The second-order valence-electron chi connectivity index (χ2n) is 7.02. The molecule has 1 aromatic rings. The Labute approximate surface area is 151 Å². The molecule has 1 heterocycles. The molecule has 1 aromatic heterocycles. The van der Waals surface area contributed by atoms with E-state index in [4.69, 9.17) is 15.2 Å². The maximum Gasteiger partial charge on any atom is 0.132 e. The molecule has 1 atom stereocenters. The first kappa shape index (κ1) is 21.6. The number of hydrogen-bond donors (Lipinski definition) is 3. The van der Waals surface area contributed by atoms with Gasteiger partial charge < -0.3 is 25.3 Å². The van der Waals surface area contributed by atoms with Gasteiger partial charge in [0, 0.05) is 25.8 Å². The predicted molar refractivity (Wildman–Crippen MR) is 98.7 cm³/mol. The molecular weight excluding hydrogens is 320 g/mol. The van der Waals surface area contributed by atoms with Crippen molar-refractivity contribution < 1.29 is 14.6 Å². The van der Waals surface area contributed by atoms with Crippen molar-refractivity contribution in [2.45, 2.75) is 59.4 Å². The van der Waals surface area contributed by atoms with E-state index < -0.39 is 5.60 Å². The zero-order chi connectivity index (χ0) is 19.0. The summed E-state index contributed by atoms with van der Waals surface area (Å²) in [7, 11) is 1.95. The monoisotopic (exact) mass is 354 g/mol. The lowest BCUT2D eigenvalue weighted by Crippen LogP contribution is -2.33. The molecule has 4 N–H and O–H groups in total. The molecule has 0 bridgehead atoms. The zero-order valence-electron chi connectivity index (χ0n) is 16.4. The highest BCUT2D eigenvalue weighted by molar-refractivity contribution is 5.09. The number of nitrogens with zero attached hydrogens (tertiary/aromatic N) is 2. The number of hydrogen-bond acceptors (Lipinski definition) is 6. The van der Waals surface area contributed by atoms with Crippen molar-refractivity contribution in [1.29, 1.82) is 0 Å². The summed E-state index contributed by atoms with van der Waals surface area (Å²) in [4.78, 5) is 9.58. The van der Waals surface area contributed by atoms with Crippen molar-refractivity contribution in [3.8, 4) is 0 Å². The second kappa shape index (κ2) is 9.91. The summed E-state index contributed by atoms with van der Waals surface area (Å²) >= 11 is 0. The molecule has 0 aliphatic rings. The van der Waals surface area contributed by atoms with Gasteiger partial charge in [0.1, 0.15) is 18.6 Å². The smallest absolute Gasteiger partial charge is 0.132 e. The minimum Gasteiger partial charge on any atom is -0.498 e. The highest BCUT2D eigenvalue weighted by Crippen LogP contribution is 2.16. The van der Waals surface area contributed by atoms with Gasteiger partial charge in [-0.2, -0.15) is 0 Å². The predicted octanol–water partition coefficient (Wildman–Crippen LogP) is 2.31. The molecule has 1 rings (SSSR count). The van der Waals surface area contributed by atoms with Crippen LogP contribution in [0.15, 0.2) is 17.5 Å². The molecule has 0 aliphatic heterocycles. The van der Waals surface area contributed by atoms with Crippen LogP contribution in [0.25, 0.3) is 0 Å². The summed E-state index contributed by atoms with van der Waals surface area (Å²) in [6.07, 6.45) is 2.09. The summed E-state index contributed by atoms with van der Waals surface area (Å²) in [5.74, 6) is 1.64. The Morgan fingerprint density at radius 1 is 1.44 bits per heavy atom. The van der Waals surface area contributed by atoms with Gasteiger partial charge in [0.15, 0.2) is 0 Å². The van der Waals surface area contributed by atoms with Crippen molar-refractivity contribution >= 4 is 0 Å². The van der Waals surface area contributed by atoms with E-state index in [1.807, 2.05) is 38.9 Å². The molecule has 0 aromatic carbocycles. The number of nitrogens with two attached hydrogens (primary N) is 1. The van der Waals surface area contributed by atoms with Crippen LogP contribution in [-0.2, 0) is 16.1 Å². The van der Waals surface area contributed by atoms with Crippen LogP contribution in [0.2, 0.25) is 0 Å². The molecule has 0 aliphatic carbocycles. The van der Waals surface area contributed by atoms with Gasteiger partial charge in [0.25, 0.3) is 0 Å². The fourth-order valence-electron chi connectivity index (χ4n) is 2.19. The van der Waals surface area contributed by atoms with E-state index in [9.17, 15) is 5.11 Å². The average molecular weight is 354 g/mol. The van der Waals surface area contributed by atoms with Gasteiger partial charge in [-0.15, -0.1) is 0 Å². The zero-order valence-corrected chi connectivity index (χ0v) is 16.4. The summed E-state index contributed by atoms with van der Waals surface area (Å²) in [6, 6.07) is 0. The second-order valence-corrected chi connectivity index (χ2v) is 7.02. The first-order chi connectivity index (χ1) is 11.6. The number of nitrogens with one attached hydrogen (secondary N) is 1. The number of aromatic nitrogens is 2. The van der Waals surface area contributed by atoms with Crippen molar-refractivity contribution in [3.05, 3.63) is 29.0 Å². The molecule has 0 spiro atoms.